The van der Waals surface area contributed by atoms with Crippen LogP contribution in [-0.2, 0) is 9.47 Å². The van der Waals surface area contributed by atoms with Crippen molar-refractivity contribution >= 4 is 29.5 Å². The Hall–Kier alpha value is -1.95. The summed E-state index contributed by atoms with van der Waals surface area (Å²) in [6.07, 6.45) is -1.84. The molecule has 7 heteroatoms. The molecule has 1 unspecified atom stereocenters. The van der Waals surface area contributed by atoms with Crippen molar-refractivity contribution in [1.82, 2.24) is 5.32 Å². The minimum Gasteiger partial charge on any atom is -0.447 e. The van der Waals surface area contributed by atoms with Crippen molar-refractivity contribution in [2.24, 2.45) is 0 Å². The predicted molar refractivity (Wildman–Crippen MR) is 80.6 cm³/mol. The van der Waals surface area contributed by atoms with Crippen LogP contribution < -0.4 is 10.6 Å². The Balaban J connectivity index is 2.30. The molecule has 6 nitrogen and oxygen atoms in total. The zero-order valence-corrected chi connectivity index (χ0v) is 12.9. The molecule has 2 amide bonds. The van der Waals surface area contributed by atoms with Gasteiger partial charge in [-0.25, -0.2) is 9.59 Å². The number of amides is 2. The molecule has 0 saturated heterocycles. The first-order valence-electron chi connectivity index (χ1n) is 6.54. The van der Waals surface area contributed by atoms with Gasteiger partial charge in [0.05, 0.1) is 12.6 Å². The van der Waals surface area contributed by atoms with Crippen molar-refractivity contribution in [1.29, 1.82) is 0 Å². The van der Waals surface area contributed by atoms with Gasteiger partial charge in [0.15, 0.2) is 0 Å². The molecule has 1 rings (SSSR count). The number of carbonyl (C=O) groups excluding carboxylic acids is 2. The number of nitrogens with one attached hydrogen (secondary N) is 2. The van der Waals surface area contributed by atoms with Crippen molar-refractivity contribution in [2.75, 3.05) is 11.9 Å². The Kier molecular flexibility index (Phi) is 6.81. The first-order valence-corrected chi connectivity index (χ1v) is 6.92. The van der Waals surface area contributed by atoms with E-state index in [-0.39, 0.29) is 12.6 Å². The lowest BCUT2D eigenvalue weighted by atomic mass is 10.3. The molecule has 0 fully saturated rings. The number of ether oxygens (including phenoxy) is 2. The van der Waals surface area contributed by atoms with Gasteiger partial charge in [0.25, 0.3) is 0 Å². The highest BCUT2D eigenvalue weighted by atomic mass is 35.5. The number of halogens is 1. The highest BCUT2D eigenvalue weighted by molar-refractivity contribution is 6.30. The van der Waals surface area contributed by atoms with Crippen LogP contribution >= 0.6 is 11.6 Å². The zero-order valence-electron chi connectivity index (χ0n) is 12.2. The van der Waals surface area contributed by atoms with Crippen LogP contribution in [0.15, 0.2) is 24.3 Å². The van der Waals surface area contributed by atoms with Crippen LogP contribution in [-0.4, -0.2) is 30.9 Å². The monoisotopic (exact) mass is 314 g/mol. The molecule has 21 heavy (non-hydrogen) atoms. The molecule has 0 bridgehead atoms. The molecule has 0 aromatic heterocycles. The number of alkyl carbamates (subject to hydrolysis) is 1. The van der Waals surface area contributed by atoms with E-state index in [4.69, 9.17) is 21.1 Å². The summed E-state index contributed by atoms with van der Waals surface area (Å²) in [5, 5.41) is 5.64. The smallest absolute Gasteiger partial charge is 0.411 e. The van der Waals surface area contributed by atoms with Gasteiger partial charge in [0.1, 0.15) is 6.10 Å². The van der Waals surface area contributed by atoms with Crippen LogP contribution in [0.2, 0.25) is 5.02 Å². The molecule has 0 spiro atoms. The minimum atomic E-state index is -0.608. The lowest BCUT2D eigenvalue weighted by Gasteiger charge is -2.15. The van der Waals surface area contributed by atoms with Gasteiger partial charge in [-0.15, -0.1) is 0 Å². The molecule has 0 aliphatic rings. The topological polar surface area (TPSA) is 76.7 Å². The zero-order chi connectivity index (χ0) is 15.8. The number of benzene rings is 1. The first-order chi connectivity index (χ1) is 9.86. The maximum atomic E-state index is 11.6. The molecular formula is C14H19ClN2O4. The van der Waals surface area contributed by atoms with Crippen LogP contribution in [0.1, 0.15) is 20.8 Å². The lowest BCUT2D eigenvalue weighted by molar-refractivity contribution is 0.0985. The molecule has 0 aliphatic heterocycles. The van der Waals surface area contributed by atoms with Gasteiger partial charge in [0.2, 0.25) is 0 Å². The largest absolute Gasteiger partial charge is 0.447 e. The number of anilines is 1. The van der Waals surface area contributed by atoms with Crippen molar-refractivity contribution < 1.29 is 19.1 Å². The van der Waals surface area contributed by atoms with Crippen molar-refractivity contribution in [3.8, 4) is 0 Å². The standard InChI is InChI=1S/C14H19ClN2O4/c1-9(2)20-13(18)16-8-10(3)21-14(19)17-12-6-4-11(15)5-7-12/h4-7,9-10H,8H2,1-3H3,(H,16,18)(H,17,19). The third-order valence-electron chi connectivity index (χ3n) is 2.28. The molecule has 0 radical (unpaired) electrons. The molecule has 1 aromatic rings. The van der Waals surface area contributed by atoms with E-state index in [0.717, 1.165) is 0 Å². The second kappa shape index (κ2) is 8.36. The van der Waals surface area contributed by atoms with Crippen molar-refractivity contribution in [2.45, 2.75) is 33.0 Å². The Labute approximate surface area is 128 Å². The molecule has 0 heterocycles. The van der Waals surface area contributed by atoms with Crippen LogP contribution in [0.5, 0.6) is 0 Å². The molecule has 0 saturated carbocycles. The Morgan fingerprint density at radius 3 is 2.29 bits per heavy atom. The number of rotatable bonds is 5. The molecular weight excluding hydrogens is 296 g/mol. The van der Waals surface area contributed by atoms with E-state index < -0.39 is 18.3 Å². The molecule has 1 aromatic carbocycles. The summed E-state index contributed by atoms with van der Waals surface area (Å²) in [6, 6.07) is 6.63. The summed E-state index contributed by atoms with van der Waals surface area (Å²) in [5.74, 6) is 0. The third kappa shape index (κ3) is 7.41. The fourth-order valence-corrected chi connectivity index (χ4v) is 1.51. The van der Waals surface area contributed by atoms with E-state index in [9.17, 15) is 9.59 Å². The van der Waals surface area contributed by atoms with Gasteiger partial charge < -0.3 is 14.8 Å². The maximum Gasteiger partial charge on any atom is 0.411 e. The van der Waals surface area contributed by atoms with E-state index in [1.54, 1.807) is 45.0 Å². The fourth-order valence-electron chi connectivity index (χ4n) is 1.39. The summed E-state index contributed by atoms with van der Waals surface area (Å²) < 4.78 is 9.98. The highest BCUT2D eigenvalue weighted by Gasteiger charge is 2.12. The van der Waals surface area contributed by atoms with Crippen molar-refractivity contribution in [3.63, 3.8) is 0 Å². The summed E-state index contributed by atoms with van der Waals surface area (Å²) in [7, 11) is 0. The van der Waals surface area contributed by atoms with E-state index in [1.165, 1.54) is 0 Å². The van der Waals surface area contributed by atoms with E-state index in [1.807, 2.05) is 0 Å². The summed E-state index contributed by atoms with van der Waals surface area (Å²) in [4.78, 5) is 22.9. The summed E-state index contributed by atoms with van der Waals surface area (Å²) >= 11 is 5.74. The van der Waals surface area contributed by atoms with Gasteiger partial charge in [-0.05, 0) is 45.0 Å². The molecule has 116 valence electrons. The molecule has 1 atom stereocenters. The number of hydrogen-bond donors (Lipinski definition) is 2. The highest BCUT2D eigenvalue weighted by Crippen LogP contribution is 2.13. The molecule has 0 aliphatic carbocycles. The van der Waals surface area contributed by atoms with Crippen LogP contribution in [0, 0.1) is 0 Å². The van der Waals surface area contributed by atoms with Crippen LogP contribution in [0.25, 0.3) is 0 Å². The van der Waals surface area contributed by atoms with E-state index >= 15 is 0 Å². The van der Waals surface area contributed by atoms with Gasteiger partial charge in [-0.1, -0.05) is 11.6 Å². The summed E-state index contributed by atoms with van der Waals surface area (Å²) in [5.41, 5.74) is 0.573. The van der Waals surface area contributed by atoms with Crippen molar-refractivity contribution in [3.05, 3.63) is 29.3 Å². The molecule has 2 N–H and O–H groups in total. The second-order valence-electron chi connectivity index (χ2n) is 4.68. The van der Waals surface area contributed by atoms with E-state index in [2.05, 4.69) is 10.6 Å². The fraction of sp³-hybridized carbons (Fsp3) is 0.429. The van der Waals surface area contributed by atoms with Gasteiger partial charge in [-0.2, -0.15) is 0 Å². The Bertz CT molecular complexity index is 476. The van der Waals surface area contributed by atoms with Gasteiger partial charge >= 0.3 is 12.2 Å². The summed E-state index contributed by atoms with van der Waals surface area (Å²) in [6.45, 7) is 5.33. The van der Waals surface area contributed by atoms with Crippen LogP contribution in [0.4, 0.5) is 15.3 Å². The first kappa shape index (κ1) is 17.1. The SMILES string of the molecule is CC(C)OC(=O)NCC(C)OC(=O)Nc1ccc(Cl)cc1. The predicted octanol–water partition coefficient (Wildman–Crippen LogP) is 3.41. The van der Waals surface area contributed by atoms with Gasteiger partial charge in [0, 0.05) is 10.7 Å². The quantitative estimate of drug-likeness (QED) is 0.873. The number of hydrogen-bond acceptors (Lipinski definition) is 4. The average molecular weight is 315 g/mol. The third-order valence-corrected chi connectivity index (χ3v) is 2.53. The van der Waals surface area contributed by atoms with E-state index in [0.29, 0.717) is 10.7 Å². The second-order valence-corrected chi connectivity index (χ2v) is 5.12. The average Bonchev–Trinajstić information content (AvgIpc) is 2.38. The lowest BCUT2D eigenvalue weighted by Crippen LogP contribution is -2.35. The number of carbonyl (C=O) groups is 2. The minimum absolute atomic E-state index is 0.166. The van der Waals surface area contributed by atoms with Crippen LogP contribution in [0.3, 0.4) is 0 Å². The Morgan fingerprint density at radius 2 is 1.71 bits per heavy atom. The normalized spacial score (nSPS) is 11.7. The Morgan fingerprint density at radius 1 is 1.10 bits per heavy atom. The maximum absolute atomic E-state index is 11.6. The van der Waals surface area contributed by atoms with Gasteiger partial charge in [-0.3, -0.25) is 5.32 Å².